The summed E-state index contributed by atoms with van der Waals surface area (Å²) in [6.07, 6.45) is 7.33. The number of amides is 1. The monoisotopic (exact) mass is 453 g/mol. The van der Waals surface area contributed by atoms with Crippen LogP contribution in [0, 0.1) is 6.92 Å². The van der Waals surface area contributed by atoms with Gasteiger partial charge in [0.15, 0.2) is 5.82 Å². The van der Waals surface area contributed by atoms with E-state index >= 15 is 0 Å². The Hall–Kier alpha value is -4.00. The van der Waals surface area contributed by atoms with Crippen LogP contribution in [0.3, 0.4) is 0 Å². The van der Waals surface area contributed by atoms with Crippen LogP contribution in [0.1, 0.15) is 46.3 Å². The summed E-state index contributed by atoms with van der Waals surface area (Å²) in [6.45, 7) is 3.29. The number of nitrogens with zero attached hydrogens (tertiary/aromatic N) is 5. The number of imidazole rings is 1. The second kappa shape index (κ2) is 9.47. The van der Waals surface area contributed by atoms with Crippen molar-refractivity contribution in [2.75, 3.05) is 13.7 Å². The number of benzene rings is 2. The molecule has 5 rings (SSSR count). The highest BCUT2D eigenvalue weighted by molar-refractivity contribution is 5.96. The number of ether oxygens (including phenoxy) is 1. The number of methoxy groups -OCH3 is 1. The largest absolute Gasteiger partial charge is 0.497 e. The van der Waals surface area contributed by atoms with Crippen molar-refractivity contribution in [2.45, 2.75) is 32.4 Å². The minimum atomic E-state index is -0.0736. The van der Waals surface area contributed by atoms with Crippen molar-refractivity contribution in [1.82, 2.24) is 24.4 Å². The van der Waals surface area contributed by atoms with E-state index in [2.05, 4.69) is 14.5 Å². The van der Waals surface area contributed by atoms with Crippen molar-refractivity contribution in [3.05, 3.63) is 95.8 Å². The Labute approximate surface area is 199 Å². The lowest BCUT2D eigenvalue weighted by Crippen LogP contribution is -2.32. The maximum atomic E-state index is 13.7. The Kier molecular flexibility index (Phi) is 6.08. The van der Waals surface area contributed by atoms with Crippen LogP contribution in [-0.4, -0.2) is 44.0 Å². The second-order valence-electron chi connectivity index (χ2n) is 8.45. The molecule has 0 radical (unpaired) electrons. The van der Waals surface area contributed by atoms with E-state index < -0.39 is 0 Å². The fraction of sp³-hybridized carbons (Fsp3) is 0.259. The maximum Gasteiger partial charge on any atom is 0.254 e. The molecule has 34 heavy (non-hydrogen) atoms. The van der Waals surface area contributed by atoms with Crippen LogP contribution in [-0.2, 0) is 6.54 Å². The lowest BCUT2D eigenvalue weighted by molar-refractivity contribution is 0.0731. The van der Waals surface area contributed by atoms with Crippen molar-refractivity contribution in [1.29, 1.82) is 0 Å². The Morgan fingerprint density at radius 1 is 1.06 bits per heavy atom. The second-order valence-corrected chi connectivity index (χ2v) is 8.45. The highest BCUT2D eigenvalue weighted by atomic mass is 16.5. The molecule has 4 aromatic rings. The molecule has 1 aliphatic heterocycles. The van der Waals surface area contributed by atoms with Crippen molar-refractivity contribution in [3.63, 3.8) is 0 Å². The molecule has 7 heteroatoms. The van der Waals surface area contributed by atoms with Gasteiger partial charge in [0.2, 0.25) is 0 Å². The average Bonchev–Trinajstić information content (AvgIpc) is 3.53. The average molecular weight is 454 g/mol. The number of carbonyl (C=O) groups is 1. The van der Waals surface area contributed by atoms with Gasteiger partial charge in [0, 0.05) is 42.8 Å². The van der Waals surface area contributed by atoms with Crippen molar-refractivity contribution in [2.24, 2.45) is 0 Å². The number of hydrogen-bond donors (Lipinski definition) is 0. The molecule has 2 aromatic heterocycles. The number of aromatic nitrogens is 4. The molecule has 0 aliphatic carbocycles. The zero-order valence-corrected chi connectivity index (χ0v) is 19.4. The maximum absolute atomic E-state index is 13.7. The van der Waals surface area contributed by atoms with Gasteiger partial charge in [-0.25, -0.2) is 15.0 Å². The van der Waals surface area contributed by atoms with Crippen LogP contribution in [0.5, 0.6) is 5.75 Å². The number of carbonyl (C=O) groups excluding carboxylic acids is 1. The summed E-state index contributed by atoms with van der Waals surface area (Å²) >= 11 is 0. The molecular formula is C27H27N5O2. The van der Waals surface area contributed by atoms with Crippen LogP contribution in [0.2, 0.25) is 0 Å². The molecule has 1 saturated heterocycles. The normalized spacial score (nSPS) is 15.5. The molecule has 2 aromatic carbocycles. The SMILES string of the molecule is COc1ccc(-c2nccc([C@H]3CCCN3C(=O)c3ccccc3Cn3ccnc3C)n2)cc1. The summed E-state index contributed by atoms with van der Waals surface area (Å²) in [5, 5.41) is 0. The van der Waals surface area contributed by atoms with Gasteiger partial charge in [0.1, 0.15) is 11.6 Å². The first-order valence-electron chi connectivity index (χ1n) is 11.5. The van der Waals surface area contributed by atoms with Gasteiger partial charge in [0.05, 0.1) is 18.8 Å². The van der Waals surface area contributed by atoms with Crippen LogP contribution < -0.4 is 4.74 Å². The standard InChI is InChI=1S/C27H27N5O2/c1-19-28-15-17-31(19)18-21-6-3-4-7-23(21)27(33)32-16-5-8-25(32)24-13-14-29-26(30-24)20-9-11-22(34-2)12-10-20/h3-4,6-7,9-15,17,25H,5,8,16,18H2,1-2H3/t25-/m1/s1. The van der Waals surface area contributed by atoms with Gasteiger partial charge in [-0.2, -0.15) is 0 Å². The molecule has 0 saturated carbocycles. The molecule has 7 nitrogen and oxygen atoms in total. The number of hydrogen-bond acceptors (Lipinski definition) is 5. The van der Waals surface area contributed by atoms with Gasteiger partial charge in [-0.05, 0) is 61.7 Å². The first kappa shape index (κ1) is 21.8. The first-order valence-corrected chi connectivity index (χ1v) is 11.5. The minimum Gasteiger partial charge on any atom is -0.497 e. The van der Waals surface area contributed by atoms with Crippen LogP contribution in [0.15, 0.2) is 73.2 Å². The highest BCUT2D eigenvalue weighted by Crippen LogP contribution is 2.33. The third kappa shape index (κ3) is 4.29. The van der Waals surface area contributed by atoms with Gasteiger partial charge in [0.25, 0.3) is 5.91 Å². The summed E-state index contributed by atoms with van der Waals surface area (Å²) in [4.78, 5) is 29.3. The minimum absolute atomic E-state index is 0.0421. The predicted octanol–water partition coefficient (Wildman–Crippen LogP) is 4.68. The summed E-state index contributed by atoms with van der Waals surface area (Å²) in [5.74, 6) is 2.40. The molecule has 1 aliphatic rings. The number of rotatable bonds is 6. The van der Waals surface area contributed by atoms with Crippen LogP contribution in [0.4, 0.5) is 0 Å². The van der Waals surface area contributed by atoms with E-state index in [1.54, 1.807) is 19.5 Å². The lowest BCUT2D eigenvalue weighted by atomic mass is 10.0. The van der Waals surface area contributed by atoms with E-state index in [0.29, 0.717) is 18.9 Å². The van der Waals surface area contributed by atoms with Gasteiger partial charge >= 0.3 is 0 Å². The molecule has 0 bridgehead atoms. The highest BCUT2D eigenvalue weighted by Gasteiger charge is 2.32. The first-order chi connectivity index (χ1) is 16.6. The van der Waals surface area contributed by atoms with Crippen molar-refractivity contribution in [3.8, 4) is 17.1 Å². The number of aryl methyl sites for hydroxylation is 1. The van der Waals surface area contributed by atoms with Gasteiger partial charge in [-0.3, -0.25) is 4.79 Å². The fourth-order valence-corrected chi connectivity index (χ4v) is 4.53. The third-order valence-electron chi connectivity index (χ3n) is 6.39. The van der Waals surface area contributed by atoms with E-state index in [0.717, 1.165) is 46.8 Å². The van der Waals surface area contributed by atoms with Crippen molar-refractivity contribution < 1.29 is 9.53 Å². The molecule has 1 fully saturated rings. The Morgan fingerprint density at radius 2 is 1.88 bits per heavy atom. The van der Waals surface area contributed by atoms with E-state index in [1.807, 2.05) is 72.6 Å². The zero-order chi connectivity index (χ0) is 23.5. The summed E-state index contributed by atoms with van der Waals surface area (Å²) in [5.41, 5.74) is 3.50. The summed E-state index contributed by atoms with van der Waals surface area (Å²) < 4.78 is 7.31. The molecule has 0 unspecified atom stereocenters. The lowest BCUT2D eigenvalue weighted by Gasteiger charge is -2.25. The Morgan fingerprint density at radius 3 is 2.65 bits per heavy atom. The molecule has 3 heterocycles. The topological polar surface area (TPSA) is 73.1 Å². The number of likely N-dealkylation sites (tertiary alicyclic amines) is 1. The molecule has 0 N–H and O–H groups in total. The third-order valence-corrected chi connectivity index (χ3v) is 6.39. The van der Waals surface area contributed by atoms with E-state index in [1.165, 1.54) is 0 Å². The summed E-state index contributed by atoms with van der Waals surface area (Å²) in [6, 6.07) is 17.4. The van der Waals surface area contributed by atoms with Gasteiger partial charge < -0.3 is 14.2 Å². The molecular weight excluding hydrogens is 426 g/mol. The zero-order valence-electron chi connectivity index (χ0n) is 19.4. The van der Waals surface area contributed by atoms with Crippen LogP contribution in [0.25, 0.3) is 11.4 Å². The molecule has 1 atom stereocenters. The van der Waals surface area contributed by atoms with E-state index in [4.69, 9.17) is 9.72 Å². The summed E-state index contributed by atoms with van der Waals surface area (Å²) in [7, 11) is 1.65. The van der Waals surface area contributed by atoms with Gasteiger partial charge in [-0.15, -0.1) is 0 Å². The van der Waals surface area contributed by atoms with Gasteiger partial charge in [-0.1, -0.05) is 18.2 Å². The molecule has 172 valence electrons. The van der Waals surface area contributed by atoms with Crippen LogP contribution >= 0.6 is 0 Å². The van der Waals surface area contributed by atoms with E-state index in [-0.39, 0.29) is 11.9 Å². The molecule has 1 amide bonds. The fourth-order valence-electron chi connectivity index (χ4n) is 4.53. The Bertz CT molecular complexity index is 1300. The predicted molar refractivity (Wildman–Crippen MR) is 130 cm³/mol. The molecule has 0 spiro atoms. The quantitative estimate of drug-likeness (QED) is 0.424. The van der Waals surface area contributed by atoms with Crippen molar-refractivity contribution >= 4 is 5.91 Å². The Balaban J connectivity index is 1.42. The smallest absolute Gasteiger partial charge is 0.254 e. The van der Waals surface area contributed by atoms with E-state index in [9.17, 15) is 4.79 Å².